The molecule has 5 heteroatoms. The van der Waals surface area contributed by atoms with Crippen LogP contribution in [0.3, 0.4) is 0 Å². The summed E-state index contributed by atoms with van der Waals surface area (Å²) in [6.07, 6.45) is 7.71. The molecule has 1 fully saturated rings. The van der Waals surface area contributed by atoms with Gasteiger partial charge in [-0.05, 0) is 26.9 Å². The van der Waals surface area contributed by atoms with Crippen molar-refractivity contribution < 1.29 is 0 Å². The molecule has 26 heavy (non-hydrogen) atoms. The van der Waals surface area contributed by atoms with Crippen LogP contribution in [0.15, 0.2) is 36.4 Å². The lowest BCUT2D eigenvalue weighted by Gasteiger charge is -2.18. The van der Waals surface area contributed by atoms with Crippen LogP contribution >= 0.6 is 0 Å². The molecule has 2 N–H and O–H groups in total. The molecular weight excluding hydrogens is 322 g/mol. The van der Waals surface area contributed by atoms with Crippen molar-refractivity contribution in [2.24, 2.45) is 0 Å². The first-order valence-corrected chi connectivity index (χ1v) is 9.80. The average molecular weight is 354 g/mol. The second kappa shape index (κ2) is 9.53. The van der Waals surface area contributed by atoms with Gasteiger partial charge in [0.05, 0.1) is 5.69 Å². The summed E-state index contributed by atoms with van der Waals surface area (Å²) < 4.78 is 0. The number of nitrogens with one attached hydrogen (secondary N) is 2. The first-order valence-electron chi connectivity index (χ1n) is 9.80. The second-order valence-electron chi connectivity index (χ2n) is 7.39. The third kappa shape index (κ3) is 5.70. The van der Waals surface area contributed by atoms with Crippen LogP contribution in [0, 0.1) is 0 Å². The lowest BCUT2D eigenvalue weighted by Crippen LogP contribution is -2.22. The highest BCUT2D eigenvalue weighted by Crippen LogP contribution is 2.24. The fourth-order valence-corrected chi connectivity index (χ4v) is 3.37. The highest BCUT2D eigenvalue weighted by molar-refractivity contribution is 5.64. The Balaban J connectivity index is 1.79. The van der Waals surface area contributed by atoms with Gasteiger partial charge in [0.2, 0.25) is 5.95 Å². The van der Waals surface area contributed by atoms with E-state index < -0.39 is 0 Å². The summed E-state index contributed by atoms with van der Waals surface area (Å²) in [7, 11) is 4.16. The van der Waals surface area contributed by atoms with E-state index in [1.807, 2.05) is 12.1 Å². The zero-order chi connectivity index (χ0) is 18.2. The van der Waals surface area contributed by atoms with Crippen molar-refractivity contribution in [3.8, 4) is 11.3 Å². The van der Waals surface area contributed by atoms with Gasteiger partial charge in [0.1, 0.15) is 5.82 Å². The molecule has 0 spiro atoms. The van der Waals surface area contributed by atoms with Gasteiger partial charge in [-0.3, -0.25) is 0 Å². The minimum Gasteiger partial charge on any atom is -0.369 e. The second-order valence-corrected chi connectivity index (χ2v) is 7.39. The monoisotopic (exact) mass is 353 g/mol. The zero-order valence-corrected chi connectivity index (χ0v) is 16.0. The Morgan fingerprint density at radius 3 is 2.42 bits per heavy atom. The van der Waals surface area contributed by atoms with E-state index >= 15 is 0 Å². The van der Waals surface area contributed by atoms with Crippen molar-refractivity contribution in [3.05, 3.63) is 36.4 Å². The Morgan fingerprint density at radius 1 is 1.00 bits per heavy atom. The van der Waals surface area contributed by atoms with E-state index in [1.54, 1.807) is 0 Å². The van der Waals surface area contributed by atoms with Crippen molar-refractivity contribution >= 4 is 11.8 Å². The van der Waals surface area contributed by atoms with Gasteiger partial charge in [0, 0.05) is 30.8 Å². The van der Waals surface area contributed by atoms with Crippen LogP contribution in [0.2, 0.25) is 0 Å². The highest BCUT2D eigenvalue weighted by Gasteiger charge is 2.14. The maximum atomic E-state index is 4.80. The molecule has 140 valence electrons. The number of benzene rings is 1. The van der Waals surface area contributed by atoms with Gasteiger partial charge < -0.3 is 15.5 Å². The predicted molar refractivity (Wildman–Crippen MR) is 110 cm³/mol. The summed E-state index contributed by atoms with van der Waals surface area (Å²) in [5.74, 6) is 1.63. The number of likely N-dealkylation sites (N-methyl/N-ethyl adjacent to an activating group) is 1. The van der Waals surface area contributed by atoms with Crippen LogP contribution in [0.1, 0.15) is 38.5 Å². The third-order valence-corrected chi connectivity index (χ3v) is 4.85. The van der Waals surface area contributed by atoms with E-state index in [1.165, 1.54) is 38.5 Å². The van der Waals surface area contributed by atoms with Gasteiger partial charge in [0.25, 0.3) is 0 Å². The van der Waals surface area contributed by atoms with Crippen molar-refractivity contribution in [2.75, 3.05) is 37.8 Å². The number of rotatable bonds is 7. The molecule has 0 unspecified atom stereocenters. The molecule has 1 aliphatic carbocycles. The standard InChI is InChI=1S/C21H31N5/c1-26(2)15-14-22-20-16-19(17-10-6-5-7-11-17)24-21(25-20)23-18-12-8-3-4-9-13-18/h5-7,10-11,16,18H,3-4,8-9,12-15H2,1-2H3,(H2,22,23,24,25). The van der Waals surface area contributed by atoms with Crippen molar-refractivity contribution in [2.45, 2.75) is 44.6 Å². The Labute approximate surface area is 157 Å². The molecule has 0 saturated heterocycles. The molecule has 0 aliphatic heterocycles. The maximum absolute atomic E-state index is 4.80. The minimum atomic E-state index is 0.484. The van der Waals surface area contributed by atoms with E-state index in [4.69, 9.17) is 9.97 Å². The fraction of sp³-hybridized carbons (Fsp3) is 0.524. The molecule has 5 nitrogen and oxygen atoms in total. The smallest absolute Gasteiger partial charge is 0.225 e. The number of hydrogen-bond acceptors (Lipinski definition) is 5. The molecule has 1 heterocycles. The van der Waals surface area contributed by atoms with Crippen LogP contribution in [-0.2, 0) is 0 Å². The molecule has 0 bridgehead atoms. The molecule has 0 amide bonds. The largest absolute Gasteiger partial charge is 0.369 e. The first-order chi connectivity index (χ1) is 12.7. The molecule has 1 aliphatic rings. The molecule has 1 aromatic heterocycles. The van der Waals surface area contributed by atoms with Crippen molar-refractivity contribution in [1.82, 2.24) is 14.9 Å². The number of hydrogen-bond donors (Lipinski definition) is 2. The molecule has 0 atom stereocenters. The minimum absolute atomic E-state index is 0.484. The summed E-state index contributed by atoms with van der Waals surface area (Å²) in [5.41, 5.74) is 2.08. The summed E-state index contributed by atoms with van der Waals surface area (Å²) in [6.45, 7) is 1.83. The Bertz CT molecular complexity index is 663. The highest BCUT2D eigenvalue weighted by atomic mass is 15.2. The van der Waals surface area contributed by atoms with Crippen LogP contribution in [-0.4, -0.2) is 48.1 Å². The number of aromatic nitrogens is 2. The van der Waals surface area contributed by atoms with Crippen molar-refractivity contribution in [1.29, 1.82) is 0 Å². The predicted octanol–water partition coefficient (Wildman–Crippen LogP) is 4.25. The van der Waals surface area contributed by atoms with Gasteiger partial charge in [-0.2, -0.15) is 4.98 Å². The maximum Gasteiger partial charge on any atom is 0.225 e. The lowest BCUT2D eigenvalue weighted by atomic mass is 10.1. The number of anilines is 2. The van der Waals surface area contributed by atoms with E-state index in [0.29, 0.717) is 6.04 Å². The fourth-order valence-electron chi connectivity index (χ4n) is 3.37. The first kappa shape index (κ1) is 18.6. The van der Waals surface area contributed by atoms with Gasteiger partial charge in [-0.25, -0.2) is 4.98 Å². The van der Waals surface area contributed by atoms with E-state index in [9.17, 15) is 0 Å². The zero-order valence-electron chi connectivity index (χ0n) is 16.0. The summed E-state index contributed by atoms with van der Waals surface area (Å²) >= 11 is 0. The van der Waals surface area contributed by atoms with Crippen LogP contribution in [0.4, 0.5) is 11.8 Å². The normalized spacial score (nSPS) is 15.7. The quantitative estimate of drug-likeness (QED) is 0.729. The van der Waals surface area contributed by atoms with Crippen LogP contribution in [0.5, 0.6) is 0 Å². The summed E-state index contributed by atoms with van der Waals surface area (Å²) in [4.78, 5) is 11.7. The molecule has 1 aromatic carbocycles. The van der Waals surface area contributed by atoms with Crippen LogP contribution < -0.4 is 10.6 Å². The van der Waals surface area contributed by atoms with Gasteiger partial charge in [0.15, 0.2) is 0 Å². The van der Waals surface area contributed by atoms with Gasteiger partial charge in [-0.1, -0.05) is 56.0 Å². The van der Waals surface area contributed by atoms with Gasteiger partial charge in [-0.15, -0.1) is 0 Å². The molecule has 3 rings (SSSR count). The molecule has 2 aromatic rings. The van der Waals surface area contributed by atoms with Crippen LogP contribution in [0.25, 0.3) is 11.3 Å². The average Bonchev–Trinajstić information content (AvgIpc) is 2.91. The molecule has 1 saturated carbocycles. The number of nitrogens with zero attached hydrogens (tertiary/aromatic N) is 3. The topological polar surface area (TPSA) is 53.1 Å². The Hall–Kier alpha value is -2.14. The van der Waals surface area contributed by atoms with E-state index in [-0.39, 0.29) is 0 Å². The molecular formula is C21H31N5. The Kier molecular flexibility index (Phi) is 6.83. The SMILES string of the molecule is CN(C)CCNc1cc(-c2ccccc2)nc(NC2CCCCCC2)n1. The Morgan fingerprint density at radius 2 is 1.73 bits per heavy atom. The van der Waals surface area contributed by atoms with E-state index in [2.05, 4.69) is 53.9 Å². The summed E-state index contributed by atoms with van der Waals surface area (Å²) in [5, 5.41) is 7.04. The van der Waals surface area contributed by atoms with E-state index in [0.717, 1.165) is 36.1 Å². The third-order valence-electron chi connectivity index (χ3n) is 4.85. The van der Waals surface area contributed by atoms with Crippen molar-refractivity contribution in [3.63, 3.8) is 0 Å². The van der Waals surface area contributed by atoms with Gasteiger partial charge >= 0.3 is 0 Å². The molecule has 0 radical (unpaired) electrons. The summed E-state index contributed by atoms with van der Waals surface area (Å²) in [6, 6.07) is 12.9. The lowest BCUT2D eigenvalue weighted by molar-refractivity contribution is 0.425.